The Bertz CT molecular complexity index is 524. The Morgan fingerprint density at radius 1 is 1.19 bits per heavy atom. The van der Waals surface area contributed by atoms with E-state index in [1.165, 1.54) is 12.1 Å². The Hall–Kier alpha value is -1.11. The van der Waals surface area contributed by atoms with Gasteiger partial charge in [0, 0.05) is 10.4 Å². The van der Waals surface area contributed by atoms with E-state index in [1.807, 2.05) is 0 Å². The van der Waals surface area contributed by atoms with Gasteiger partial charge in [0.05, 0.1) is 11.6 Å². The molecule has 0 atom stereocenters. The first-order valence-corrected chi connectivity index (χ1v) is 7.39. The van der Waals surface area contributed by atoms with Crippen LogP contribution in [0.3, 0.4) is 0 Å². The quantitative estimate of drug-likeness (QED) is 0.740. The number of benzene rings is 1. The summed E-state index contributed by atoms with van der Waals surface area (Å²) in [5.41, 5.74) is 0.0427. The number of nitrogens with one attached hydrogen (secondary N) is 1. The fourth-order valence-corrected chi connectivity index (χ4v) is 2.84. The molecule has 1 N–H and O–H groups in total. The van der Waals surface area contributed by atoms with Crippen molar-refractivity contribution in [2.24, 2.45) is 11.8 Å². The topological polar surface area (TPSA) is 29.1 Å². The number of hydrogen-bond donors (Lipinski definition) is 1. The number of anilines is 1. The molecule has 1 aromatic rings. The van der Waals surface area contributed by atoms with Gasteiger partial charge < -0.3 is 5.32 Å². The molecule has 1 amide bonds. The maximum absolute atomic E-state index is 13.6. The summed E-state index contributed by atoms with van der Waals surface area (Å²) >= 11 is 3.10. The molecule has 1 aliphatic rings. The van der Waals surface area contributed by atoms with Crippen LogP contribution in [0, 0.1) is 17.7 Å². The highest BCUT2D eigenvalue weighted by atomic mass is 79.9. The van der Waals surface area contributed by atoms with E-state index >= 15 is 0 Å². The normalized spacial score (nSPS) is 22.9. The summed E-state index contributed by atoms with van der Waals surface area (Å²) in [7, 11) is 0. The fourth-order valence-electron chi connectivity index (χ4n) is 2.51. The van der Waals surface area contributed by atoms with Crippen molar-refractivity contribution < 1.29 is 22.4 Å². The van der Waals surface area contributed by atoms with Crippen LogP contribution in [0.4, 0.5) is 23.2 Å². The zero-order valence-corrected chi connectivity index (χ0v) is 12.6. The first kappa shape index (κ1) is 16.3. The summed E-state index contributed by atoms with van der Waals surface area (Å²) in [6.07, 6.45) is -3.95. The van der Waals surface area contributed by atoms with Crippen molar-refractivity contribution >= 4 is 27.5 Å². The Labute approximate surface area is 128 Å². The van der Waals surface area contributed by atoms with E-state index in [-0.39, 0.29) is 31.4 Å². The lowest BCUT2D eigenvalue weighted by molar-refractivity contribution is -0.184. The van der Waals surface area contributed by atoms with Crippen molar-refractivity contribution in [2.75, 3.05) is 5.32 Å². The van der Waals surface area contributed by atoms with Crippen molar-refractivity contribution in [3.8, 4) is 0 Å². The minimum Gasteiger partial charge on any atom is -0.323 e. The molecule has 1 aliphatic carbocycles. The number of carbonyl (C=O) groups excluding carboxylic acids is 1. The third-order valence-corrected chi connectivity index (χ3v) is 4.24. The van der Waals surface area contributed by atoms with Crippen LogP contribution >= 0.6 is 15.9 Å². The molecular weight excluding hydrogens is 354 g/mol. The van der Waals surface area contributed by atoms with Gasteiger partial charge in [0.25, 0.3) is 0 Å². The summed E-state index contributed by atoms with van der Waals surface area (Å²) in [6, 6.07) is 4.22. The molecule has 116 valence electrons. The molecule has 0 unspecified atom stereocenters. The Balaban J connectivity index is 1.93. The number of halogens is 5. The lowest BCUT2D eigenvalue weighted by Gasteiger charge is -2.29. The zero-order chi connectivity index (χ0) is 15.6. The summed E-state index contributed by atoms with van der Waals surface area (Å²) in [6.45, 7) is 0. The molecule has 0 aliphatic heterocycles. The maximum Gasteiger partial charge on any atom is 0.391 e. The van der Waals surface area contributed by atoms with Crippen LogP contribution < -0.4 is 5.32 Å². The molecule has 2 nitrogen and oxygen atoms in total. The predicted molar refractivity (Wildman–Crippen MR) is 74.2 cm³/mol. The number of carbonyl (C=O) groups is 1. The lowest BCUT2D eigenvalue weighted by Crippen LogP contribution is -2.32. The van der Waals surface area contributed by atoms with Gasteiger partial charge >= 0.3 is 6.18 Å². The van der Waals surface area contributed by atoms with Gasteiger partial charge in [-0.1, -0.05) is 15.9 Å². The fraction of sp³-hybridized carbons (Fsp3) is 0.500. The zero-order valence-electron chi connectivity index (χ0n) is 11.0. The van der Waals surface area contributed by atoms with Crippen molar-refractivity contribution in [2.45, 2.75) is 31.9 Å². The van der Waals surface area contributed by atoms with E-state index < -0.39 is 29.7 Å². The summed E-state index contributed by atoms with van der Waals surface area (Å²) in [5, 5.41) is 2.44. The number of alkyl halides is 3. The highest BCUT2D eigenvalue weighted by Crippen LogP contribution is 2.39. The average molecular weight is 368 g/mol. The molecule has 21 heavy (non-hydrogen) atoms. The van der Waals surface area contributed by atoms with E-state index in [2.05, 4.69) is 21.2 Å². The van der Waals surface area contributed by atoms with Crippen LogP contribution in [0.1, 0.15) is 25.7 Å². The van der Waals surface area contributed by atoms with E-state index in [9.17, 15) is 22.4 Å². The average Bonchev–Trinajstić information content (AvgIpc) is 2.41. The standard InChI is InChI=1S/C14H14BrF4NO/c15-10-5-6-12(11(16)7-10)20-13(21)8-1-3-9(4-2-8)14(17,18)19/h5-9H,1-4H2,(H,20,21). The second-order valence-corrected chi connectivity index (χ2v) is 6.12. The lowest BCUT2D eigenvalue weighted by atomic mass is 9.81. The minimum atomic E-state index is -4.20. The second-order valence-electron chi connectivity index (χ2n) is 5.20. The van der Waals surface area contributed by atoms with Crippen LogP contribution in [0.15, 0.2) is 22.7 Å². The first-order chi connectivity index (χ1) is 9.77. The highest BCUT2D eigenvalue weighted by Gasteiger charge is 2.42. The molecule has 0 saturated heterocycles. The van der Waals surface area contributed by atoms with Crippen LogP contribution in [-0.2, 0) is 4.79 Å². The van der Waals surface area contributed by atoms with Gasteiger partial charge in [0.15, 0.2) is 0 Å². The molecule has 0 radical (unpaired) electrons. The van der Waals surface area contributed by atoms with Gasteiger partial charge in [-0.15, -0.1) is 0 Å². The van der Waals surface area contributed by atoms with Crippen LogP contribution in [-0.4, -0.2) is 12.1 Å². The van der Waals surface area contributed by atoms with Gasteiger partial charge in [-0.3, -0.25) is 4.79 Å². The van der Waals surface area contributed by atoms with E-state index in [0.717, 1.165) is 0 Å². The minimum absolute atomic E-state index is 0.0427. The van der Waals surface area contributed by atoms with E-state index in [4.69, 9.17) is 0 Å². The molecule has 0 aromatic heterocycles. The number of hydrogen-bond acceptors (Lipinski definition) is 1. The first-order valence-electron chi connectivity index (χ1n) is 6.60. The second kappa shape index (κ2) is 6.34. The molecule has 0 bridgehead atoms. The monoisotopic (exact) mass is 367 g/mol. The van der Waals surface area contributed by atoms with Crippen LogP contribution in [0.25, 0.3) is 0 Å². The molecule has 1 aromatic carbocycles. The van der Waals surface area contributed by atoms with Gasteiger partial charge in [-0.05, 0) is 43.9 Å². The molecular formula is C14H14BrF4NO. The van der Waals surface area contributed by atoms with Gasteiger partial charge in [-0.25, -0.2) is 4.39 Å². The third-order valence-electron chi connectivity index (χ3n) is 3.75. The van der Waals surface area contributed by atoms with Gasteiger partial charge in [0.1, 0.15) is 5.82 Å². The third kappa shape index (κ3) is 4.18. The Kier molecular flexibility index (Phi) is 4.91. The SMILES string of the molecule is O=C(Nc1ccc(Br)cc1F)C1CCC(C(F)(F)F)CC1. The van der Waals surface area contributed by atoms with Gasteiger partial charge in [0.2, 0.25) is 5.91 Å². The molecule has 1 fully saturated rings. The number of rotatable bonds is 2. The van der Waals surface area contributed by atoms with Crippen LogP contribution in [0.2, 0.25) is 0 Å². The van der Waals surface area contributed by atoms with E-state index in [0.29, 0.717) is 4.47 Å². The molecule has 0 heterocycles. The number of amides is 1. The summed E-state index contributed by atoms with van der Waals surface area (Å²) in [5.74, 6) is -2.82. The van der Waals surface area contributed by atoms with Crippen LogP contribution in [0.5, 0.6) is 0 Å². The largest absolute Gasteiger partial charge is 0.391 e. The molecule has 2 rings (SSSR count). The summed E-state index contributed by atoms with van der Waals surface area (Å²) < 4.78 is 51.8. The smallest absolute Gasteiger partial charge is 0.323 e. The van der Waals surface area contributed by atoms with Crippen molar-refractivity contribution in [3.63, 3.8) is 0 Å². The molecule has 1 saturated carbocycles. The van der Waals surface area contributed by atoms with Crippen molar-refractivity contribution in [1.29, 1.82) is 0 Å². The van der Waals surface area contributed by atoms with Gasteiger partial charge in [-0.2, -0.15) is 13.2 Å². The van der Waals surface area contributed by atoms with Crippen molar-refractivity contribution in [3.05, 3.63) is 28.5 Å². The Morgan fingerprint density at radius 2 is 1.81 bits per heavy atom. The predicted octanol–water partition coefficient (Wildman–Crippen LogP) is 4.90. The van der Waals surface area contributed by atoms with Crippen molar-refractivity contribution in [1.82, 2.24) is 0 Å². The molecule has 7 heteroatoms. The van der Waals surface area contributed by atoms with E-state index in [1.54, 1.807) is 6.07 Å². The highest BCUT2D eigenvalue weighted by molar-refractivity contribution is 9.10. The summed E-state index contributed by atoms with van der Waals surface area (Å²) in [4.78, 5) is 12.0. The Morgan fingerprint density at radius 3 is 2.33 bits per heavy atom. The molecule has 0 spiro atoms. The maximum atomic E-state index is 13.6.